The summed E-state index contributed by atoms with van der Waals surface area (Å²) in [6.07, 6.45) is 1.78. The molecular formula is C22H26ClN3O2. The number of rotatable bonds is 7. The fraction of sp³-hybridized carbons (Fsp3) is 0.318. The number of hydrogen-bond donors (Lipinski definition) is 2. The lowest BCUT2D eigenvalue weighted by Crippen LogP contribution is -2.48. The number of nitrogens with two attached hydrogens (primary N) is 1. The summed E-state index contributed by atoms with van der Waals surface area (Å²) in [7, 11) is 3.26. The number of halogens is 1. The maximum Gasteiger partial charge on any atom is 0.161 e. The molecule has 0 aliphatic rings. The molecule has 0 saturated heterocycles. The topological polar surface area (TPSA) is 69.4 Å². The lowest BCUT2D eigenvalue weighted by atomic mass is 9.87. The number of pyridine rings is 1. The zero-order valence-electron chi connectivity index (χ0n) is 16.6. The molecule has 0 amide bonds. The van der Waals surface area contributed by atoms with E-state index in [9.17, 15) is 0 Å². The summed E-state index contributed by atoms with van der Waals surface area (Å²) >= 11 is 6.10. The van der Waals surface area contributed by atoms with E-state index in [1.165, 1.54) is 0 Å². The summed E-state index contributed by atoms with van der Waals surface area (Å²) in [5.74, 6) is 1.42. The number of fused-ring (bicyclic) bond motifs is 1. The third-order valence-electron chi connectivity index (χ3n) is 5.05. The van der Waals surface area contributed by atoms with Crippen LogP contribution in [-0.2, 0) is 6.54 Å². The molecule has 3 aromatic rings. The van der Waals surface area contributed by atoms with Crippen LogP contribution < -0.4 is 20.5 Å². The van der Waals surface area contributed by atoms with Crippen molar-refractivity contribution in [3.05, 3.63) is 64.8 Å². The van der Waals surface area contributed by atoms with Crippen LogP contribution in [0.1, 0.15) is 31.0 Å². The maximum atomic E-state index is 6.67. The van der Waals surface area contributed by atoms with Gasteiger partial charge in [-0.15, -0.1) is 0 Å². The molecule has 0 saturated carbocycles. The smallest absolute Gasteiger partial charge is 0.161 e. The fourth-order valence-corrected chi connectivity index (χ4v) is 3.40. The van der Waals surface area contributed by atoms with E-state index in [0.717, 1.165) is 22.0 Å². The van der Waals surface area contributed by atoms with Crippen LogP contribution in [0.25, 0.3) is 10.9 Å². The van der Waals surface area contributed by atoms with Crippen LogP contribution in [0.2, 0.25) is 5.02 Å². The highest BCUT2D eigenvalue weighted by Gasteiger charge is 2.28. The Morgan fingerprint density at radius 3 is 2.54 bits per heavy atom. The summed E-state index contributed by atoms with van der Waals surface area (Å²) in [6, 6.07) is 13.3. The molecule has 0 fully saturated rings. The van der Waals surface area contributed by atoms with Crippen LogP contribution in [0, 0.1) is 0 Å². The number of benzene rings is 2. The summed E-state index contributed by atoms with van der Waals surface area (Å²) in [4.78, 5) is 4.41. The van der Waals surface area contributed by atoms with Gasteiger partial charge in [-0.25, -0.2) is 0 Å². The normalized spacial score (nSPS) is 12.8. The second-order valence-electron chi connectivity index (χ2n) is 7.30. The quantitative estimate of drug-likeness (QED) is 0.613. The van der Waals surface area contributed by atoms with Crippen molar-refractivity contribution >= 4 is 22.5 Å². The molecule has 1 heterocycles. The average Bonchev–Trinajstić information content (AvgIpc) is 2.70. The highest BCUT2D eigenvalue weighted by atomic mass is 35.5. The molecule has 1 aromatic heterocycles. The SMILES string of the molecule is COc1ccc(CNC(C)(C)C(N)c2ccnc3cc(Cl)ccc23)cc1OC. The molecule has 3 rings (SSSR count). The number of nitrogens with one attached hydrogen (secondary N) is 1. The third kappa shape index (κ3) is 4.22. The van der Waals surface area contributed by atoms with E-state index in [-0.39, 0.29) is 11.6 Å². The molecule has 0 aliphatic heterocycles. The summed E-state index contributed by atoms with van der Waals surface area (Å²) in [6.45, 7) is 4.84. The maximum absolute atomic E-state index is 6.67. The van der Waals surface area contributed by atoms with Gasteiger partial charge < -0.3 is 20.5 Å². The minimum Gasteiger partial charge on any atom is -0.493 e. The summed E-state index contributed by atoms with van der Waals surface area (Å²) < 4.78 is 10.7. The highest BCUT2D eigenvalue weighted by molar-refractivity contribution is 6.31. The molecule has 0 radical (unpaired) electrons. The highest BCUT2D eigenvalue weighted by Crippen LogP contribution is 2.31. The molecule has 6 heteroatoms. The second-order valence-corrected chi connectivity index (χ2v) is 7.74. The van der Waals surface area contributed by atoms with Gasteiger partial charge in [-0.05, 0) is 55.3 Å². The zero-order chi connectivity index (χ0) is 20.3. The summed E-state index contributed by atoms with van der Waals surface area (Å²) in [5.41, 5.74) is 9.28. The standard InChI is InChI=1S/C22H26ClN3O2/c1-22(2,26-13-14-5-8-19(27-3)20(11-14)28-4)21(24)17-9-10-25-18-12-15(23)6-7-16(17)18/h5-12,21,26H,13,24H2,1-4H3. The van der Waals surface area contributed by atoms with Crippen LogP contribution in [0.5, 0.6) is 11.5 Å². The number of nitrogens with zero attached hydrogens (tertiary/aromatic N) is 1. The van der Waals surface area contributed by atoms with Crippen molar-refractivity contribution in [3.8, 4) is 11.5 Å². The minimum atomic E-state index is -0.360. The average molecular weight is 400 g/mol. The summed E-state index contributed by atoms with van der Waals surface area (Å²) in [5, 5.41) is 5.25. The Balaban J connectivity index is 1.81. The first-order chi connectivity index (χ1) is 13.4. The lowest BCUT2D eigenvalue weighted by Gasteiger charge is -2.34. The van der Waals surface area contributed by atoms with Crippen LogP contribution in [0.3, 0.4) is 0 Å². The number of methoxy groups -OCH3 is 2. The first kappa shape index (κ1) is 20.4. The molecule has 1 atom stereocenters. The van der Waals surface area contributed by atoms with E-state index in [2.05, 4.69) is 24.1 Å². The Morgan fingerprint density at radius 1 is 1.07 bits per heavy atom. The largest absolute Gasteiger partial charge is 0.493 e. The van der Waals surface area contributed by atoms with Gasteiger partial charge in [0.1, 0.15) is 0 Å². The predicted molar refractivity (Wildman–Crippen MR) is 114 cm³/mol. The molecule has 148 valence electrons. The molecule has 0 bridgehead atoms. The van der Waals surface area contributed by atoms with Crippen molar-refractivity contribution < 1.29 is 9.47 Å². The van der Waals surface area contributed by atoms with Crippen molar-refractivity contribution in [1.29, 1.82) is 0 Å². The van der Waals surface area contributed by atoms with Gasteiger partial charge in [0.15, 0.2) is 11.5 Å². The molecule has 3 N–H and O–H groups in total. The minimum absolute atomic E-state index is 0.237. The van der Waals surface area contributed by atoms with Crippen molar-refractivity contribution in [1.82, 2.24) is 10.3 Å². The molecule has 0 spiro atoms. The monoisotopic (exact) mass is 399 g/mol. The second kappa shape index (κ2) is 8.35. The number of ether oxygens (including phenoxy) is 2. The van der Waals surface area contributed by atoms with Crippen molar-refractivity contribution in [2.75, 3.05) is 14.2 Å². The van der Waals surface area contributed by atoms with Gasteiger partial charge >= 0.3 is 0 Å². The van der Waals surface area contributed by atoms with Gasteiger partial charge in [0.25, 0.3) is 0 Å². The Bertz CT molecular complexity index is 975. The van der Waals surface area contributed by atoms with E-state index < -0.39 is 0 Å². The van der Waals surface area contributed by atoms with Gasteiger partial charge in [-0.1, -0.05) is 23.7 Å². The van der Waals surface area contributed by atoms with Crippen molar-refractivity contribution in [3.63, 3.8) is 0 Å². The van der Waals surface area contributed by atoms with Gasteiger partial charge in [0.05, 0.1) is 19.7 Å². The van der Waals surface area contributed by atoms with Gasteiger partial charge in [0, 0.05) is 34.7 Å². The van der Waals surface area contributed by atoms with Crippen molar-refractivity contribution in [2.24, 2.45) is 5.73 Å². The van der Waals surface area contributed by atoms with Crippen LogP contribution in [0.15, 0.2) is 48.7 Å². The van der Waals surface area contributed by atoms with E-state index in [1.54, 1.807) is 20.4 Å². The van der Waals surface area contributed by atoms with E-state index in [0.29, 0.717) is 23.1 Å². The Morgan fingerprint density at radius 2 is 1.82 bits per heavy atom. The van der Waals surface area contributed by atoms with Crippen LogP contribution >= 0.6 is 11.6 Å². The van der Waals surface area contributed by atoms with Gasteiger partial charge in [-0.2, -0.15) is 0 Å². The van der Waals surface area contributed by atoms with E-state index >= 15 is 0 Å². The first-order valence-electron chi connectivity index (χ1n) is 9.11. The predicted octanol–water partition coefficient (Wildman–Crippen LogP) is 4.47. The zero-order valence-corrected chi connectivity index (χ0v) is 17.4. The molecule has 2 aromatic carbocycles. The molecular weight excluding hydrogens is 374 g/mol. The molecule has 28 heavy (non-hydrogen) atoms. The fourth-order valence-electron chi connectivity index (χ4n) is 3.23. The van der Waals surface area contributed by atoms with E-state index in [1.807, 2.05) is 42.5 Å². The van der Waals surface area contributed by atoms with Crippen LogP contribution in [-0.4, -0.2) is 24.7 Å². The molecule has 5 nitrogen and oxygen atoms in total. The third-order valence-corrected chi connectivity index (χ3v) is 5.28. The first-order valence-corrected chi connectivity index (χ1v) is 9.49. The van der Waals surface area contributed by atoms with E-state index in [4.69, 9.17) is 26.8 Å². The van der Waals surface area contributed by atoms with Crippen molar-refractivity contribution in [2.45, 2.75) is 32.0 Å². The van der Waals surface area contributed by atoms with Crippen LogP contribution in [0.4, 0.5) is 0 Å². The van der Waals surface area contributed by atoms with Gasteiger partial charge in [-0.3, -0.25) is 4.98 Å². The number of aromatic nitrogens is 1. The molecule has 0 aliphatic carbocycles. The van der Waals surface area contributed by atoms with Gasteiger partial charge in [0.2, 0.25) is 0 Å². The Kier molecular flexibility index (Phi) is 6.08. The Hall–Kier alpha value is -2.34. The molecule has 1 unspecified atom stereocenters. The number of hydrogen-bond acceptors (Lipinski definition) is 5. The Labute approximate surface area is 170 Å². The lowest BCUT2D eigenvalue weighted by molar-refractivity contribution is 0.321.